The first-order valence-corrected chi connectivity index (χ1v) is 8.39. The lowest BCUT2D eigenvalue weighted by atomic mass is 10.1. The molecule has 0 bridgehead atoms. The molecule has 24 heavy (non-hydrogen) atoms. The first-order chi connectivity index (χ1) is 11.8. The molecule has 0 amide bonds. The Morgan fingerprint density at radius 1 is 0.750 bits per heavy atom. The summed E-state index contributed by atoms with van der Waals surface area (Å²) >= 11 is 0. The van der Waals surface area contributed by atoms with Crippen LogP contribution in [0.2, 0.25) is 0 Å². The van der Waals surface area contributed by atoms with Crippen molar-refractivity contribution in [2.24, 2.45) is 0 Å². The van der Waals surface area contributed by atoms with Gasteiger partial charge >= 0.3 is 0 Å². The highest BCUT2D eigenvalue weighted by Crippen LogP contribution is 2.20. The van der Waals surface area contributed by atoms with E-state index >= 15 is 0 Å². The van der Waals surface area contributed by atoms with E-state index < -0.39 is 0 Å². The highest BCUT2D eigenvalue weighted by atomic mass is 16.5. The van der Waals surface area contributed by atoms with Crippen molar-refractivity contribution in [3.05, 3.63) is 72.3 Å². The second-order valence-corrected chi connectivity index (χ2v) is 5.63. The summed E-state index contributed by atoms with van der Waals surface area (Å²) in [5, 5.41) is 5.71. The Morgan fingerprint density at radius 3 is 2.17 bits per heavy atom. The van der Waals surface area contributed by atoms with Crippen LogP contribution in [0.5, 0.6) is 11.5 Å². The molecular weight excluding hydrogens is 298 g/mol. The van der Waals surface area contributed by atoms with Crippen LogP contribution >= 0.6 is 0 Å². The summed E-state index contributed by atoms with van der Waals surface area (Å²) in [5.41, 5.74) is 1.26. The number of nitrogens with one attached hydrogen (secondary N) is 1. The van der Waals surface area contributed by atoms with Gasteiger partial charge in [-0.15, -0.1) is 0 Å². The molecule has 3 nitrogen and oxygen atoms in total. The smallest absolute Gasteiger partial charge is 0.122 e. The van der Waals surface area contributed by atoms with Crippen LogP contribution in [-0.4, -0.2) is 19.8 Å². The van der Waals surface area contributed by atoms with Gasteiger partial charge in [0.15, 0.2) is 0 Å². The number of fused-ring (bicyclic) bond motifs is 1. The minimum Gasteiger partial charge on any atom is -0.490 e. The molecule has 0 unspecified atom stereocenters. The maximum Gasteiger partial charge on any atom is 0.122 e. The van der Waals surface area contributed by atoms with Crippen LogP contribution in [0, 0.1) is 0 Å². The van der Waals surface area contributed by atoms with E-state index in [9.17, 15) is 0 Å². The minimum atomic E-state index is 0.525. The number of ether oxygens (including phenoxy) is 2. The predicted octanol–water partition coefficient (Wildman–Crippen LogP) is 4.41. The van der Waals surface area contributed by atoms with Crippen molar-refractivity contribution >= 4 is 10.8 Å². The largest absolute Gasteiger partial charge is 0.490 e. The van der Waals surface area contributed by atoms with Gasteiger partial charge in [-0.1, -0.05) is 49.4 Å². The monoisotopic (exact) mass is 321 g/mol. The van der Waals surface area contributed by atoms with E-state index in [4.69, 9.17) is 9.47 Å². The van der Waals surface area contributed by atoms with Gasteiger partial charge in [0.25, 0.3) is 0 Å². The second kappa shape index (κ2) is 8.37. The van der Waals surface area contributed by atoms with E-state index in [0.717, 1.165) is 24.6 Å². The Hall–Kier alpha value is -2.52. The zero-order chi connectivity index (χ0) is 16.6. The van der Waals surface area contributed by atoms with Gasteiger partial charge in [0.2, 0.25) is 0 Å². The third-order valence-electron chi connectivity index (χ3n) is 3.84. The zero-order valence-corrected chi connectivity index (χ0v) is 14.0. The fourth-order valence-corrected chi connectivity index (χ4v) is 2.55. The lowest BCUT2D eigenvalue weighted by Crippen LogP contribution is -2.11. The molecule has 0 saturated carbocycles. The standard InChI is InChI=1S/C21H23NO2/c1-2-22-16-17-7-10-20(11-8-17)23-13-14-24-21-12-9-18-5-3-4-6-19(18)15-21/h3-12,15,22H,2,13-14,16H2,1H3. The van der Waals surface area contributed by atoms with Gasteiger partial charge in [-0.2, -0.15) is 0 Å². The molecule has 0 aliphatic rings. The van der Waals surface area contributed by atoms with E-state index in [1.165, 1.54) is 16.3 Å². The number of hydrogen-bond acceptors (Lipinski definition) is 3. The molecule has 0 atom stereocenters. The van der Waals surface area contributed by atoms with Gasteiger partial charge in [0, 0.05) is 6.54 Å². The topological polar surface area (TPSA) is 30.5 Å². The summed E-state index contributed by atoms with van der Waals surface area (Å²) in [6, 6.07) is 22.6. The SMILES string of the molecule is CCNCc1ccc(OCCOc2ccc3ccccc3c2)cc1. The Balaban J connectivity index is 1.45. The first-order valence-electron chi connectivity index (χ1n) is 8.39. The Bertz CT molecular complexity index is 768. The summed E-state index contributed by atoms with van der Waals surface area (Å²) in [6.07, 6.45) is 0. The summed E-state index contributed by atoms with van der Waals surface area (Å²) < 4.78 is 11.5. The molecule has 124 valence electrons. The molecule has 0 aromatic heterocycles. The van der Waals surface area contributed by atoms with Crippen LogP contribution in [0.15, 0.2) is 66.7 Å². The Labute approximate surface area is 143 Å². The van der Waals surface area contributed by atoms with Crippen molar-refractivity contribution in [1.82, 2.24) is 5.32 Å². The molecule has 0 aliphatic heterocycles. The lowest BCUT2D eigenvalue weighted by Gasteiger charge is -2.10. The lowest BCUT2D eigenvalue weighted by molar-refractivity contribution is 0.217. The normalized spacial score (nSPS) is 10.7. The molecule has 0 radical (unpaired) electrons. The van der Waals surface area contributed by atoms with Crippen molar-refractivity contribution in [1.29, 1.82) is 0 Å². The maximum absolute atomic E-state index is 5.78. The molecule has 0 aliphatic carbocycles. The van der Waals surface area contributed by atoms with Crippen LogP contribution in [0.4, 0.5) is 0 Å². The average Bonchev–Trinajstić information content (AvgIpc) is 2.64. The van der Waals surface area contributed by atoms with E-state index in [2.05, 4.69) is 48.6 Å². The molecule has 3 heteroatoms. The number of benzene rings is 3. The van der Waals surface area contributed by atoms with Gasteiger partial charge in [-0.05, 0) is 47.1 Å². The van der Waals surface area contributed by atoms with Crippen molar-refractivity contribution in [2.45, 2.75) is 13.5 Å². The molecule has 0 saturated heterocycles. The van der Waals surface area contributed by atoms with E-state index in [1.54, 1.807) is 0 Å². The van der Waals surface area contributed by atoms with Gasteiger partial charge in [-0.3, -0.25) is 0 Å². The van der Waals surface area contributed by atoms with E-state index in [0.29, 0.717) is 13.2 Å². The third-order valence-corrected chi connectivity index (χ3v) is 3.84. The van der Waals surface area contributed by atoms with E-state index in [1.807, 2.05) is 30.3 Å². The average molecular weight is 321 g/mol. The molecular formula is C21H23NO2. The van der Waals surface area contributed by atoms with Gasteiger partial charge in [-0.25, -0.2) is 0 Å². The highest BCUT2D eigenvalue weighted by Gasteiger charge is 1.99. The van der Waals surface area contributed by atoms with Crippen LogP contribution in [0.3, 0.4) is 0 Å². The molecule has 3 rings (SSSR count). The minimum absolute atomic E-state index is 0.525. The first kappa shape index (κ1) is 16.3. The Kier molecular flexibility index (Phi) is 5.70. The van der Waals surface area contributed by atoms with Crippen LogP contribution in [-0.2, 0) is 6.54 Å². The molecule has 3 aromatic rings. The third kappa shape index (κ3) is 4.49. The van der Waals surface area contributed by atoms with Crippen LogP contribution < -0.4 is 14.8 Å². The zero-order valence-electron chi connectivity index (χ0n) is 14.0. The summed E-state index contributed by atoms with van der Waals surface area (Å²) in [6.45, 7) is 5.02. The van der Waals surface area contributed by atoms with Crippen molar-refractivity contribution in [3.8, 4) is 11.5 Å². The summed E-state index contributed by atoms with van der Waals surface area (Å²) in [5.74, 6) is 1.75. The van der Waals surface area contributed by atoms with Crippen LogP contribution in [0.1, 0.15) is 12.5 Å². The molecule has 1 N–H and O–H groups in total. The molecule has 0 heterocycles. The van der Waals surface area contributed by atoms with Gasteiger partial charge in [0.1, 0.15) is 24.7 Å². The van der Waals surface area contributed by atoms with Crippen molar-refractivity contribution < 1.29 is 9.47 Å². The van der Waals surface area contributed by atoms with Crippen molar-refractivity contribution in [3.63, 3.8) is 0 Å². The van der Waals surface area contributed by atoms with E-state index in [-0.39, 0.29) is 0 Å². The van der Waals surface area contributed by atoms with Gasteiger partial charge < -0.3 is 14.8 Å². The molecule has 3 aromatic carbocycles. The summed E-state index contributed by atoms with van der Waals surface area (Å²) in [4.78, 5) is 0. The maximum atomic E-state index is 5.78. The highest BCUT2D eigenvalue weighted by molar-refractivity contribution is 5.83. The quantitative estimate of drug-likeness (QED) is 0.624. The predicted molar refractivity (Wildman–Crippen MR) is 98.8 cm³/mol. The number of hydrogen-bond donors (Lipinski definition) is 1. The fraction of sp³-hybridized carbons (Fsp3) is 0.238. The van der Waals surface area contributed by atoms with Crippen LogP contribution in [0.25, 0.3) is 10.8 Å². The van der Waals surface area contributed by atoms with Crippen molar-refractivity contribution in [2.75, 3.05) is 19.8 Å². The molecule has 0 spiro atoms. The van der Waals surface area contributed by atoms with Gasteiger partial charge in [0.05, 0.1) is 0 Å². The number of rotatable bonds is 8. The molecule has 0 fully saturated rings. The second-order valence-electron chi connectivity index (χ2n) is 5.63. The summed E-state index contributed by atoms with van der Waals surface area (Å²) in [7, 11) is 0. The Morgan fingerprint density at radius 2 is 1.42 bits per heavy atom. The fourth-order valence-electron chi connectivity index (χ4n) is 2.55.